The first-order chi connectivity index (χ1) is 11.7. The summed E-state index contributed by atoms with van der Waals surface area (Å²) in [5.41, 5.74) is 5.45. The number of benzene rings is 1. The van der Waals surface area contributed by atoms with E-state index in [0.29, 0.717) is 0 Å². The van der Waals surface area contributed by atoms with Crippen molar-refractivity contribution in [2.75, 3.05) is 5.32 Å². The van der Waals surface area contributed by atoms with Crippen molar-refractivity contribution in [3.05, 3.63) is 65.9 Å². The third-order valence-electron chi connectivity index (χ3n) is 4.35. The maximum absolute atomic E-state index is 4.54. The summed E-state index contributed by atoms with van der Waals surface area (Å²) in [6.45, 7) is 5.03. The Morgan fingerprint density at radius 3 is 2.71 bits per heavy atom. The number of aryl methyl sites for hydroxylation is 1. The number of rotatable bonds is 4. The van der Waals surface area contributed by atoms with E-state index in [1.54, 1.807) is 18.7 Å². The van der Waals surface area contributed by atoms with E-state index in [1.807, 2.05) is 6.07 Å². The van der Waals surface area contributed by atoms with Gasteiger partial charge in [-0.15, -0.1) is 0 Å². The Morgan fingerprint density at radius 2 is 1.96 bits per heavy atom. The van der Waals surface area contributed by atoms with Crippen LogP contribution in [0.25, 0.3) is 11.0 Å². The first kappa shape index (κ1) is 14.4. The molecule has 0 bridgehead atoms. The number of aromatic amines is 1. The Balaban J connectivity index is 1.83. The molecule has 6 heteroatoms. The summed E-state index contributed by atoms with van der Waals surface area (Å²) in [6.07, 6.45) is 5.14. The minimum Gasteiger partial charge on any atom is -0.337 e. The summed E-state index contributed by atoms with van der Waals surface area (Å²) in [6, 6.07) is 10.4. The van der Waals surface area contributed by atoms with Gasteiger partial charge >= 0.3 is 0 Å². The van der Waals surface area contributed by atoms with Gasteiger partial charge in [-0.2, -0.15) is 5.10 Å². The molecular formula is C18H18N6. The van der Waals surface area contributed by atoms with Crippen LogP contribution in [-0.4, -0.2) is 24.7 Å². The van der Waals surface area contributed by atoms with Crippen molar-refractivity contribution in [3.8, 4) is 0 Å². The van der Waals surface area contributed by atoms with Crippen molar-refractivity contribution < 1.29 is 0 Å². The molecule has 0 aliphatic rings. The van der Waals surface area contributed by atoms with Crippen molar-refractivity contribution in [1.29, 1.82) is 0 Å². The molecular weight excluding hydrogens is 300 g/mol. The van der Waals surface area contributed by atoms with Crippen LogP contribution in [0.2, 0.25) is 0 Å². The van der Waals surface area contributed by atoms with Gasteiger partial charge in [0.2, 0.25) is 0 Å². The van der Waals surface area contributed by atoms with Gasteiger partial charge in [0.25, 0.3) is 0 Å². The number of anilines is 2. The fraction of sp³-hybridized carbons (Fsp3) is 0.167. The van der Waals surface area contributed by atoms with E-state index in [0.717, 1.165) is 29.1 Å². The van der Waals surface area contributed by atoms with Crippen molar-refractivity contribution >= 4 is 22.5 Å². The van der Waals surface area contributed by atoms with Crippen LogP contribution in [0, 0.1) is 13.8 Å². The number of hydrogen-bond donors (Lipinski definition) is 2. The van der Waals surface area contributed by atoms with Gasteiger partial charge in [-0.3, -0.25) is 5.10 Å². The third-order valence-corrected chi connectivity index (χ3v) is 4.35. The van der Waals surface area contributed by atoms with Crippen LogP contribution in [0.5, 0.6) is 0 Å². The second-order valence-electron chi connectivity index (χ2n) is 5.82. The number of hydrogen-bond acceptors (Lipinski definition) is 4. The van der Waals surface area contributed by atoms with E-state index >= 15 is 0 Å². The second-order valence-corrected chi connectivity index (χ2v) is 5.82. The number of aromatic nitrogens is 5. The molecule has 0 saturated carbocycles. The standard InChI is InChI=1S/C18H18N6/c1-12-13(2)24(10-14-6-4-3-5-7-14)18-16(12)17(19-11-20-18)23-15-8-21-22-9-15/h3-9,11H,10H2,1-2H3,(H,21,22)(H,19,20,23). The molecule has 0 atom stereocenters. The van der Waals surface area contributed by atoms with Crippen molar-refractivity contribution in [2.45, 2.75) is 20.4 Å². The quantitative estimate of drug-likeness (QED) is 0.603. The van der Waals surface area contributed by atoms with E-state index in [9.17, 15) is 0 Å². The first-order valence-corrected chi connectivity index (χ1v) is 7.84. The average molecular weight is 318 g/mol. The Kier molecular flexibility index (Phi) is 3.49. The van der Waals surface area contributed by atoms with Crippen molar-refractivity contribution in [2.24, 2.45) is 0 Å². The van der Waals surface area contributed by atoms with Crippen molar-refractivity contribution in [1.82, 2.24) is 24.7 Å². The summed E-state index contributed by atoms with van der Waals surface area (Å²) >= 11 is 0. The second kappa shape index (κ2) is 5.81. The number of H-pyrrole nitrogens is 1. The van der Waals surface area contributed by atoms with E-state index in [1.165, 1.54) is 16.8 Å². The van der Waals surface area contributed by atoms with Gasteiger partial charge in [-0.25, -0.2) is 9.97 Å². The zero-order valence-electron chi connectivity index (χ0n) is 13.6. The number of nitrogens with zero attached hydrogens (tertiary/aromatic N) is 4. The highest BCUT2D eigenvalue weighted by atomic mass is 15.1. The zero-order valence-corrected chi connectivity index (χ0v) is 13.6. The molecule has 4 aromatic rings. The van der Waals surface area contributed by atoms with Gasteiger partial charge < -0.3 is 9.88 Å². The summed E-state index contributed by atoms with van der Waals surface area (Å²) in [5, 5.41) is 11.1. The lowest BCUT2D eigenvalue weighted by Crippen LogP contribution is -2.03. The molecule has 24 heavy (non-hydrogen) atoms. The highest BCUT2D eigenvalue weighted by Crippen LogP contribution is 2.30. The van der Waals surface area contributed by atoms with Crippen LogP contribution in [0.3, 0.4) is 0 Å². The largest absolute Gasteiger partial charge is 0.337 e. The van der Waals surface area contributed by atoms with E-state index in [2.05, 4.69) is 68.2 Å². The molecule has 0 fully saturated rings. The minimum absolute atomic E-state index is 0.791. The van der Waals surface area contributed by atoms with Gasteiger partial charge in [0.05, 0.1) is 17.3 Å². The lowest BCUT2D eigenvalue weighted by Gasteiger charge is -2.08. The SMILES string of the molecule is Cc1c(C)n(Cc2ccccc2)c2ncnc(Nc3cn[nH]c3)c12. The molecule has 0 aliphatic carbocycles. The summed E-state index contributed by atoms with van der Waals surface area (Å²) in [5.74, 6) is 0.800. The highest BCUT2D eigenvalue weighted by molar-refractivity contribution is 5.93. The molecule has 2 N–H and O–H groups in total. The molecule has 1 aromatic carbocycles. The molecule has 3 heterocycles. The van der Waals surface area contributed by atoms with Gasteiger partial charge in [-0.1, -0.05) is 30.3 Å². The van der Waals surface area contributed by atoms with Gasteiger partial charge in [0, 0.05) is 18.4 Å². The van der Waals surface area contributed by atoms with Crippen LogP contribution >= 0.6 is 0 Å². The maximum atomic E-state index is 4.54. The summed E-state index contributed by atoms with van der Waals surface area (Å²) in [4.78, 5) is 8.96. The maximum Gasteiger partial charge on any atom is 0.146 e. The molecule has 3 aromatic heterocycles. The summed E-state index contributed by atoms with van der Waals surface area (Å²) < 4.78 is 2.24. The van der Waals surface area contributed by atoms with E-state index in [4.69, 9.17) is 0 Å². The Hall–Kier alpha value is -3.15. The molecule has 0 amide bonds. The van der Waals surface area contributed by atoms with Gasteiger partial charge in [-0.05, 0) is 25.0 Å². The lowest BCUT2D eigenvalue weighted by atomic mass is 10.2. The van der Waals surface area contributed by atoms with E-state index in [-0.39, 0.29) is 0 Å². The van der Waals surface area contributed by atoms with Crippen molar-refractivity contribution in [3.63, 3.8) is 0 Å². The molecule has 4 rings (SSSR count). The monoisotopic (exact) mass is 318 g/mol. The first-order valence-electron chi connectivity index (χ1n) is 7.84. The van der Waals surface area contributed by atoms with Crippen LogP contribution in [-0.2, 0) is 6.54 Å². The van der Waals surface area contributed by atoms with Crippen LogP contribution in [0.4, 0.5) is 11.5 Å². The topological polar surface area (TPSA) is 71.4 Å². The molecule has 6 nitrogen and oxygen atoms in total. The fourth-order valence-corrected chi connectivity index (χ4v) is 2.98. The lowest BCUT2D eigenvalue weighted by molar-refractivity contribution is 0.790. The third kappa shape index (κ3) is 2.42. The molecule has 120 valence electrons. The molecule has 0 saturated heterocycles. The van der Waals surface area contributed by atoms with Crippen LogP contribution in [0.15, 0.2) is 49.1 Å². The van der Waals surface area contributed by atoms with Crippen LogP contribution in [0.1, 0.15) is 16.8 Å². The summed E-state index contributed by atoms with van der Waals surface area (Å²) in [7, 11) is 0. The molecule has 0 unspecified atom stereocenters. The molecule has 0 radical (unpaired) electrons. The Bertz CT molecular complexity index is 970. The minimum atomic E-state index is 0.791. The predicted molar refractivity (Wildman–Crippen MR) is 94.4 cm³/mol. The van der Waals surface area contributed by atoms with Gasteiger partial charge in [0.1, 0.15) is 17.8 Å². The van der Waals surface area contributed by atoms with E-state index < -0.39 is 0 Å². The zero-order chi connectivity index (χ0) is 16.5. The predicted octanol–water partition coefficient (Wildman–Crippen LogP) is 3.56. The Morgan fingerprint density at radius 1 is 1.12 bits per heavy atom. The molecule has 0 aliphatic heterocycles. The van der Waals surface area contributed by atoms with Crippen LogP contribution < -0.4 is 5.32 Å². The number of nitrogens with one attached hydrogen (secondary N) is 2. The normalized spacial score (nSPS) is 11.1. The fourth-order valence-electron chi connectivity index (χ4n) is 2.98. The Labute approximate surface area is 139 Å². The molecule has 0 spiro atoms. The highest BCUT2D eigenvalue weighted by Gasteiger charge is 2.16. The average Bonchev–Trinajstić information content (AvgIpc) is 3.19. The van der Waals surface area contributed by atoms with Gasteiger partial charge in [0.15, 0.2) is 0 Å². The smallest absolute Gasteiger partial charge is 0.146 e. The number of fused-ring (bicyclic) bond motifs is 1.